The van der Waals surface area contributed by atoms with E-state index in [-0.39, 0.29) is 6.54 Å². The van der Waals surface area contributed by atoms with Crippen LogP contribution < -0.4 is 5.32 Å². The van der Waals surface area contributed by atoms with Crippen LogP contribution in [0.2, 0.25) is 0 Å². The third-order valence-corrected chi connectivity index (χ3v) is 1.23. The van der Waals surface area contributed by atoms with Crippen molar-refractivity contribution in [3.05, 3.63) is 7.05 Å². The van der Waals surface area contributed by atoms with E-state index in [1.165, 1.54) is 0 Å². The number of hydrogen-bond donors (Lipinski definition) is 1. The molecule has 0 aromatic carbocycles. The molecule has 0 bridgehead atoms. The van der Waals surface area contributed by atoms with E-state index in [2.05, 4.69) is 7.05 Å². The van der Waals surface area contributed by atoms with Crippen LogP contribution in [0.3, 0.4) is 0 Å². The van der Waals surface area contributed by atoms with Crippen LogP contribution >= 0.6 is 0 Å². The number of nitrogens with two attached hydrogens (primary N) is 1. The van der Waals surface area contributed by atoms with Crippen molar-refractivity contribution < 1.29 is 18.9 Å². The van der Waals surface area contributed by atoms with Crippen LogP contribution in [-0.2, 0) is 0 Å². The maximum Gasteiger partial charge on any atom is 0.389 e. The molecule has 0 saturated heterocycles. The van der Waals surface area contributed by atoms with Crippen LogP contribution in [0.5, 0.6) is 0 Å². The fourth-order valence-electron chi connectivity index (χ4n) is 0.671. The van der Waals surface area contributed by atoms with Gasteiger partial charge in [-0.3, -0.25) is 4.90 Å². The molecule has 0 aliphatic carbocycles. The molecule has 0 fully saturated rings. The van der Waals surface area contributed by atoms with Crippen molar-refractivity contribution in [1.82, 2.24) is 4.90 Å². The summed E-state index contributed by atoms with van der Waals surface area (Å²) in [4.78, 5) is 11.8. The maximum atomic E-state index is 11.7. The van der Waals surface area contributed by atoms with Crippen molar-refractivity contribution >= 4 is 6.03 Å². The number of urea groups is 1. The third kappa shape index (κ3) is 3.87. The standard InChI is InChI=1S/C6H12F2N2O/c1-3-10(4-5(7)8)6(11)9-2/h5H,2-4,9H2,1H3. The number of amides is 2. The van der Waals surface area contributed by atoms with Gasteiger partial charge in [-0.1, -0.05) is 0 Å². The van der Waals surface area contributed by atoms with E-state index in [1.54, 1.807) is 6.92 Å². The summed E-state index contributed by atoms with van der Waals surface area (Å²) in [5.74, 6) is 0. The van der Waals surface area contributed by atoms with Gasteiger partial charge in [-0.2, -0.15) is 0 Å². The number of primary amides is 1. The number of quaternary nitrogens is 1. The Labute approximate surface area is 64.4 Å². The highest BCUT2D eigenvalue weighted by atomic mass is 19.3. The van der Waals surface area contributed by atoms with Gasteiger partial charge >= 0.3 is 6.03 Å². The van der Waals surface area contributed by atoms with Gasteiger partial charge in [0.05, 0.1) is 6.54 Å². The monoisotopic (exact) mass is 166 g/mol. The molecule has 66 valence electrons. The molecule has 0 aromatic heterocycles. The summed E-state index contributed by atoms with van der Waals surface area (Å²) in [6, 6.07) is -0.451. The first-order chi connectivity index (χ1) is 5.11. The first-order valence-corrected chi connectivity index (χ1v) is 3.31. The van der Waals surface area contributed by atoms with E-state index in [4.69, 9.17) is 0 Å². The zero-order chi connectivity index (χ0) is 8.85. The first kappa shape index (κ1) is 10.3. The van der Waals surface area contributed by atoms with Crippen molar-refractivity contribution in [3.63, 3.8) is 0 Å². The average molecular weight is 166 g/mol. The Bertz CT molecular complexity index is 130. The molecule has 0 saturated carbocycles. The van der Waals surface area contributed by atoms with Crippen LogP contribution in [0.25, 0.3) is 0 Å². The number of rotatable bonds is 3. The smallest absolute Gasteiger partial charge is 0.389 e. The van der Waals surface area contributed by atoms with Crippen LogP contribution in [-0.4, -0.2) is 30.4 Å². The van der Waals surface area contributed by atoms with Crippen molar-refractivity contribution in [2.75, 3.05) is 13.1 Å². The van der Waals surface area contributed by atoms with E-state index < -0.39 is 19.0 Å². The Morgan fingerprint density at radius 2 is 2.27 bits per heavy atom. The van der Waals surface area contributed by atoms with Gasteiger partial charge in [-0.15, -0.1) is 7.05 Å². The Morgan fingerprint density at radius 3 is 2.55 bits per heavy atom. The summed E-state index contributed by atoms with van der Waals surface area (Å²) < 4.78 is 23.5. The second-order valence-electron chi connectivity index (χ2n) is 1.97. The van der Waals surface area contributed by atoms with Crippen molar-refractivity contribution in [3.8, 4) is 0 Å². The van der Waals surface area contributed by atoms with Gasteiger partial charge < -0.3 is 5.32 Å². The van der Waals surface area contributed by atoms with Gasteiger partial charge in [0.1, 0.15) is 0 Å². The molecule has 0 aliphatic heterocycles. The zero-order valence-corrected chi connectivity index (χ0v) is 6.39. The average Bonchev–Trinajstić information content (AvgIpc) is 1.98. The highest BCUT2D eigenvalue weighted by Gasteiger charge is 2.15. The molecule has 0 heterocycles. The molecule has 0 rings (SSSR count). The molecule has 0 aromatic rings. The highest BCUT2D eigenvalue weighted by Crippen LogP contribution is 1.96. The number of carbonyl (C=O) groups is 1. The van der Waals surface area contributed by atoms with Crippen molar-refractivity contribution in [1.29, 1.82) is 0 Å². The van der Waals surface area contributed by atoms with Crippen LogP contribution in [0.15, 0.2) is 0 Å². The second-order valence-corrected chi connectivity index (χ2v) is 1.97. The zero-order valence-electron chi connectivity index (χ0n) is 6.39. The quantitative estimate of drug-likeness (QED) is 0.591. The van der Waals surface area contributed by atoms with Crippen molar-refractivity contribution in [2.45, 2.75) is 13.3 Å². The SMILES string of the molecule is [CH2-][NH2+]C(=O)N(CC)CC(F)F. The van der Waals surface area contributed by atoms with Gasteiger partial charge in [0.25, 0.3) is 6.43 Å². The largest absolute Gasteiger partial charge is 0.395 e. The predicted octanol–water partition coefficient (Wildman–Crippen LogP) is 0.0484. The number of nitrogens with zero attached hydrogens (tertiary/aromatic N) is 1. The maximum absolute atomic E-state index is 11.7. The number of hydrogen-bond acceptors (Lipinski definition) is 1. The highest BCUT2D eigenvalue weighted by molar-refractivity contribution is 5.63. The molecule has 2 amide bonds. The molecular formula is C6H12F2N2O. The topological polar surface area (TPSA) is 36.9 Å². The van der Waals surface area contributed by atoms with Crippen molar-refractivity contribution in [2.24, 2.45) is 0 Å². The molecule has 2 N–H and O–H groups in total. The lowest BCUT2D eigenvalue weighted by Crippen LogP contribution is -2.85. The molecule has 0 unspecified atom stereocenters. The lowest BCUT2D eigenvalue weighted by Gasteiger charge is -2.17. The van der Waals surface area contributed by atoms with E-state index in [1.807, 2.05) is 0 Å². The van der Waals surface area contributed by atoms with Gasteiger partial charge in [-0.05, 0) is 6.92 Å². The minimum Gasteiger partial charge on any atom is -0.395 e. The molecule has 5 heteroatoms. The Morgan fingerprint density at radius 1 is 1.73 bits per heavy atom. The van der Waals surface area contributed by atoms with Gasteiger partial charge in [0.2, 0.25) is 0 Å². The lowest BCUT2D eigenvalue weighted by atomic mass is 10.5. The van der Waals surface area contributed by atoms with E-state index in [0.717, 1.165) is 10.2 Å². The molecule has 0 spiro atoms. The predicted molar refractivity (Wildman–Crippen MR) is 35.9 cm³/mol. The van der Waals surface area contributed by atoms with E-state index in [9.17, 15) is 13.6 Å². The van der Waals surface area contributed by atoms with Gasteiger partial charge in [0.15, 0.2) is 0 Å². The molecule has 0 radical (unpaired) electrons. The van der Waals surface area contributed by atoms with Gasteiger partial charge in [-0.25, -0.2) is 13.6 Å². The Balaban J connectivity index is 3.84. The molecular weight excluding hydrogens is 154 g/mol. The number of halogens is 2. The Hall–Kier alpha value is -0.710. The molecule has 0 aliphatic rings. The number of carbonyl (C=O) groups excluding carboxylic acids is 1. The fraction of sp³-hybridized carbons (Fsp3) is 0.667. The normalized spacial score (nSPS) is 10.3. The summed E-state index contributed by atoms with van der Waals surface area (Å²) in [6.07, 6.45) is -2.47. The fourth-order valence-corrected chi connectivity index (χ4v) is 0.671. The molecule has 11 heavy (non-hydrogen) atoms. The molecule has 3 nitrogen and oxygen atoms in total. The summed E-state index contributed by atoms with van der Waals surface area (Å²) in [5.41, 5.74) is 0. The first-order valence-electron chi connectivity index (χ1n) is 3.31. The third-order valence-electron chi connectivity index (χ3n) is 1.23. The Kier molecular flexibility index (Phi) is 4.69. The van der Waals surface area contributed by atoms with E-state index in [0.29, 0.717) is 0 Å². The van der Waals surface area contributed by atoms with Crippen LogP contribution in [0.1, 0.15) is 6.92 Å². The van der Waals surface area contributed by atoms with Gasteiger partial charge in [0, 0.05) is 6.54 Å². The van der Waals surface area contributed by atoms with E-state index >= 15 is 0 Å². The second kappa shape index (κ2) is 5.01. The lowest BCUT2D eigenvalue weighted by molar-refractivity contribution is -0.498. The molecule has 0 atom stereocenters. The number of alkyl halides is 2. The minimum atomic E-state index is -2.47. The summed E-state index contributed by atoms with van der Waals surface area (Å²) in [7, 11) is 3.20. The summed E-state index contributed by atoms with van der Waals surface area (Å²) in [5, 5.41) is 1.03. The van der Waals surface area contributed by atoms with Crippen LogP contribution in [0, 0.1) is 7.05 Å². The summed E-state index contributed by atoms with van der Waals surface area (Å²) in [6.45, 7) is 1.42. The summed E-state index contributed by atoms with van der Waals surface area (Å²) >= 11 is 0. The minimum absolute atomic E-state index is 0.287. The van der Waals surface area contributed by atoms with Crippen LogP contribution in [0.4, 0.5) is 13.6 Å².